The zero-order valence-corrected chi connectivity index (χ0v) is 15.2. The van der Waals surface area contributed by atoms with Crippen molar-refractivity contribution in [3.05, 3.63) is 48.1 Å². The number of hydrogen-bond donors (Lipinski definition) is 3. The van der Waals surface area contributed by atoms with Gasteiger partial charge in [0, 0.05) is 5.56 Å². The van der Waals surface area contributed by atoms with E-state index in [1.165, 1.54) is 12.1 Å². The second-order valence-electron chi connectivity index (χ2n) is 6.45. The molecule has 3 rings (SSSR count). The summed E-state index contributed by atoms with van der Waals surface area (Å²) in [5.74, 6) is 0.698. The molecule has 1 aliphatic carbocycles. The topological polar surface area (TPSA) is 113 Å². The summed E-state index contributed by atoms with van der Waals surface area (Å²) in [6, 6.07) is 5.66. The summed E-state index contributed by atoms with van der Waals surface area (Å²) in [6.07, 6.45) is 3.78. The predicted molar refractivity (Wildman–Crippen MR) is 102 cm³/mol. The zero-order chi connectivity index (χ0) is 19.4. The van der Waals surface area contributed by atoms with E-state index in [0.29, 0.717) is 11.5 Å². The molecule has 27 heavy (non-hydrogen) atoms. The van der Waals surface area contributed by atoms with Crippen LogP contribution in [0.25, 0.3) is 11.5 Å². The lowest BCUT2D eigenvalue weighted by Gasteiger charge is -2.22. The summed E-state index contributed by atoms with van der Waals surface area (Å²) in [5.41, 5.74) is 6.04. The molecule has 8 nitrogen and oxygen atoms in total. The van der Waals surface area contributed by atoms with Crippen LogP contribution in [0.2, 0.25) is 0 Å². The molecule has 0 unspecified atom stereocenters. The SMILES string of the molecule is C=C(C)[C@@H]1CC=C(C)/C(=N/NC(=O)Nc2nnc(-c3ccc(O)cc3)o2)C1. The third-order valence-corrected chi connectivity index (χ3v) is 4.35. The Bertz CT molecular complexity index is 912. The number of nitrogens with one attached hydrogen (secondary N) is 2. The molecule has 0 aliphatic heterocycles. The Hall–Kier alpha value is -3.42. The van der Waals surface area contributed by atoms with Crippen molar-refractivity contribution in [2.24, 2.45) is 11.0 Å². The summed E-state index contributed by atoms with van der Waals surface area (Å²) in [6.45, 7) is 7.96. The van der Waals surface area contributed by atoms with Gasteiger partial charge >= 0.3 is 12.0 Å². The Morgan fingerprint density at radius 3 is 2.78 bits per heavy atom. The minimum atomic E-state index is -0.575. The van der Waals surface area contributed by atoms with Gasteiger partial charge in [0.1, 0.15) is 5.75 Å². The number of urea groups is 1. The van der Waals surface area contributed by atoms with Gasteiger partial charge in [0.15, 0.2) is 0 Å². The van der Waals surface area contributed by atoms with E-state index < -0.39 is 6.03 Å². The molecule has 1 atom stereocenters. The highest BCUT2D eigenvalue weighted by atomic mass is 16.4. The van der Waals surface area contributed by atoms with E-state index in [1.54, 1.807) is 12.1 Å². The van der Waals surface area contributed by atoms with Gasteiger partial charge in [-0.2, -0.15) is 5.10 Å². The van der Waals surface area contributed by atoms with Gasteiger partial charge in [0.25, 0.3) is 0 Å². The Morgan fingerprint density at radius 1 is 1.33 bits per heavy atom. The number of aromatic hydroxyl groups is 1. The first kappa shape index (κ1) is 18.4. The standard InChI is InChI=1S/C19H21N5O3/c1-11(2)14-5-4-12(3)16(10-14)21-23-18(26)20-19-24-22-17(27-19)13-6-8-15(25)9-7-13/h4,6-9,14,25H,1,5,10H2,2-3H3,(H2,20,23,24,26)/b21-16+/t14-/m1/s1. The fourth-order valence-corrected chi connectivity index (χ4v) is 2.66. The van der Waals surface area contributed by atoms with E-state index >= 15 is 0 Å². The van der Waals surface area contributed by atoms with Crippen LogP contribution in [-0.4, -0.2) is 27.0 Å². The molecule has 8 heteroatoms. The molecule has 0 bridgehead atoms. The van der Waals surface area contributed by atoms with Crippen molar-refractivity contribution in [1.29, 1.82) is 0 Å². The lowest BCUT2D eigenvalue weighted by Crippen LogP contribution is -2.27. The van der Waals surface area contributed by atoms with Crippen LogP contribution in [0.3, 0.4) is 0 Å². The summed E-state index contributed by atoms with van der Waals surface area (Å²) in [4.78, 5) is 12.0. The van der Waals surface area contributed by atoms with Crippen LogP contribution in [0.4, 0.5) is 10.8 Å². The molecular formula is C19H21N5O3. The number of carbonyl (C=O) groups is 1. The maximum Gasteiger partial charge on any atom is 0.343 e. The average Bonchev–Trinajstić information content (AvgIpc) is 3.09. The monoisotopic (exact) mass is 367 g/mol. The van der Waals surface area contributed by atoms with Crippen LogP contribution in [0.1, 0.15) is 26.7 Å². The van der Waals surface area contributed by atoms with Crippen LogP contribution < -0.4 is 10.7 Å². The van der Waals surface area contributed by atoms with Gasteiger partial charge in [0.2, 0.25) is 5.89 Å². The van der Waals surface area contributed by atoms with E-state index in [2.05, 4.69) is 38.7 Å². The Kier molecular flexibility index (Phi) is 5.35. The fraction of sp³-hybridized carbons (Fsp3) is 0.263. The molecule has 0 saturated heterocycles. The number of benzene rings is 1. The van der Waals surface area contributed by atoms with E-state index in [1.807, 2.05) is 13.8 Å². The van der Waals surface area contributed by atoms with Gasteiger partial charge in [-0.05, 0) is 62.4 Å². The predicted octanol–water partition coefficient (Wildman–Crippen LogP) is 3.85. The normalized spacial score (nSPS) is 18.1. The van der Waals surface area contributed by atoms with Crippen LogP contribution in [0.15, 0.2) is 57.6 Å². The first-order chi connectivity index (χ1) is 12.9. The van der Waals surface area contributed by atoms with Crippen molar-refractivity contribution in [2.75, 3.05) is 5.32 Å². The summed E-state index contributed by atoms with van der Waals surface area (Å²) >= 11 is 0. The lowest BCUT2D eigenvalue weighted by atomic mass is 9.85. The summed E-state index contributed by atoms with van der Waals surface area (Å²) in [7, 11) is 0. The van der Waals surface area contributed by atoms with E-state index in [4.69, 9.17) is 4.42 Å². The third-order valence-electron chi connectivity index (χ3n) is 4.35. The van der Waals surface area contributed by atoms with Crippen LogP contribution in [0.5, 0.6) is 5.75 Å². The van der Waals surface area contributed by atoms with E-state index in [-0.39, 0.29) is 17.7 Å². The molecule has 3 N–H and O–H groups in total. The number of amides is 2. The number of phenolic OH excluding ortho intramolecular Hbond substituents is 1. The number of hydrazone groups is 1. The number of carbonyl (C=O) groups excluding carboxylic acids is 1. The largest absolute Gasteiger partial charge is 0.508 e. The van der Waals surface area contributed by atoms with Crippen molar-refractivity contribution in [3.63, 3.8) is 0 Å². The second-order valence-corrected chi connectivity index (χ2v) is 6.45. The third kappa shape index (κ3) is 4.60. The molecule has 140 valence electrons. The molecule has 1 aromatic carbocycles. The van der Waals surface area contributed by atoms with Crippen molar-refractivity contribution in [1.82, 2.24) is 15.6 Å². The van der Waals surface area contributed by atoms with Crippen molar-refractivity contribution < 1.29 is 14.3 Å². The molecule has 1 heterocycles. The quantitative estimate of drug-likeness (QED) is 0.561. The van der Waals surface area contributed by atoms with Gasteiger partial charge < -0.3 is 9.52 Å². The summed E-state index contributed by atoms with van der Waals surface area (Å²) in [5, 5.41) is 23.6. The number of nitrogens with zero attached hydrogens (tertiary/aromatic N) is 3. The maximum absolute atomic E-state index is 12.0. The molecule has 2 aromatic rings. The van der Waals surface area contributed by atoms with Crippen molar-refractivity contribution in [3.8, 4) is 17.2 Å². The number of phenols is 1. The van der Waals surface area contributed by atoms with Crippen LogP contribution in [-0.2, 0) is 0 Å². The van der Waals surface area contributed by atoms with Crippen molar-refractivity contribution >= 4 is 17.8 Å². The summed E-state index contributed by atoms with van der Waals surface area (Å²) < 4.78 is 5.39. The molecule has 0 saturated carbocycles. The highest BCUT2D eigenvalue weighted by Crippen LogP contribution is 2.26. The minimum absolute atomic E-state index is 0.0495. The highest BCUT2D eigenvalue weighted by molar-refractivity contribution is 6.01. The molecule has 0 spiro atoms. The second kappa shape index (κ2) is 7.86. The number of rotatable bonds is 4. The maximum atomic E-state index is 12.0. The van der Waals surface area contributed by atoms with Crippen LogP contribution in [0, 0.1) is 5.92 Å². The van der Waals surface area contributed by atoms with E-state index in [9.17, 15) is 9.90 Å². The molecule has 0 fully saturated rings. The number of aromatic nitrogens is 2. The zero-order valence-electron chi connectivity index (χ0n) is 15.2. The molecule has 1 aliphatic rings. The Morgan fingerprint density at radius 2 is 2.07 bits per heavy atom. The lowest BCUT2D eigenvalue weighted by molar-refractivity contribution is 0.252. The van der Waals surface area contributed by atoms with Crippen molar-refractivity contribution in [2.45, 2.75) is 26.7 Å². The van der Waals surface area contributed by atoms with Gasteiger partial charge in [-0.3, -0.25) is 5.32 Å². The first-order valence-corrected chi connectivity index (χ1v) is 8.51. The minimum Gasteiger partial charge on any atom is -0.508 e. The fourth-order valence-electron chi connectivity index (χ4n) is 2.66. The average molecular weight is 367 g/mol. The first-order valence-electron chi connectivity index (χ1n) is 8.51. The molecular weight excluding hydrogens is 346 g/mol. The smallest absolute Gasteiger partial charge is 0.343 e. The van der Waals surface area contributed by atoms with Gasteiger partial charge in [-0.25, -0.2) is 10.2 Å². The van der Waals surface area contributed by atoms with E-state index in [0.717, 1.165) is 29.7 Å². The van der Waals surface area contributed by atoms with Gasteiger partial charge in [-0.15, -0.1) is 5.10 Å². The Labute approximate surface area is 156 Å². The van der Waals surface area contributed by atoms with Gasteiger partial charge in [-0.1, -0.05) is 23.3 Å². The Balaban J connectivity index is 1.61. The number of hydrogen-bond acceptors (Lipinski definition) is 6. The molecule has 0 radical (unpaired) electrons. The highest BCUT2D eigenvalue weighted by Gasteiger charge is 2.19. The molecule has 2 amide bonds. The number of allylic oxidation sites excluding steroid dienone is 3. The van der Waals surface area contributed by atoms with Gasteiger partial charge in [0.05, 0.1) is 5.71 Å². The number of anilines is 1. The molecule has 1 aromatic heterocycles. The van der Waals surface area contributed by atoms with Crippen LogP contribution >= 0.6 is 0 Å².